The number of thiazole rings is 1. The molecule has 6 nitrogen and oxygen atoms in total. The first-order valence-electron chi connectivity index (χ1n) is 8.02. The van der Waals surface area contributed by atoms with Crippen LogP contribution in [0.3, 0.4) is 0 Å². The lowest BCUT2D eigenvalue weighted by molar-refractivity contribution is -0.126. The Morgan fingerprint density at radius 3 is 3.04 bits per heavy atom. The zero-order chi connectivity index (χ0) is 17.2. The molecule has 1 amide bonds. The van der Waals surface area contributed by atoms with Gasteiger partial charge in [0.15, 0.2) is 5.69 Å². The molecule has 0 N–H and O–H groups in total. The third kappa shape index (κ3) is 3.16. The standard InChI is InChI=1S/C18H15N5OS/c19-11-13-10-14-12-22(8-3-9-23(14)21-13)18(24)7-6-17-20-15-4-1-2-5-16(15)25-17/h1-2,4-7,10H,3,8-9,12H2. The van der Waals surface area contributed by atoms with Gasteiger partial charge in [0.05, 0.1) is 22.5 Å². The zero-order valence-electron chi connectivity index (χ0n) is 13.4. The van der Waals surface area contributed by atoms with Crippen LogP contribution in [-0.4, -0.2) is 32.1 Å². The fourth-order valence-electron chi connectivity index (χ4n) is 2.91. The molecule has 7 heteroatoms. The van der Waals surface area contributed by atoms with Crippen molar-refractivity contribution in [3.63, 3.8) is 0 Å². The lowest BCUT2D eigenvalue weighted by atomic mass is 10.3. The fraction of sp³-hybridized carbons (Fsp3) is 0.222. The summed E-state index contributed by atoms with van der Waals surface area (Å²) in [6.07, 6.45) is 4.17. The van der Waals surface area contributed by atoms with E-state index < -0.39 is 0 Å². The summed E-state index contributed by atoms with van der Waals surface area (Å²) in [5.74, 6) is -0.0487. The number of carbonyl (C=O) groups is 1. The average Bonchev–Trinajstić information content (AvgIpc) is 3.17. The number of benzene rings is 1. The molecule has 0 aliphatic carbocycles. The number of fused-ring (bicyclic) bond motifs is 2. The monoisotopic (exact) mass is 349 g/mol. The Balaban J connectivity index is 1.51. The molecule has 0 spiro atoms. The zero-order valence-corrected chi connectivity index (χ0v) is 14.2. The minimum atomic E-state index is -0.0487. The predicted octanol–water partition coefficient (Wildman–Crippen LogP) is 2.81. The summed E-state index contributed by atoms with van der Waals surface area (Å²) in [6.45, 7) is 1.87. The van der Waals surface area contributed by atoms with Gasteiger partial charge in [-0.25, -0.2) is 4.98 Å². The molecule has 0 saturated heterocycles. The van der Waals surface area contributed by atoms with E-state index in [1.807, 2.05) is 28.9 Å². The van der Waals surface area contributed by atoms with Crippen molar-refractivity contribution in [2.45, 2.75) is 19.5 Å². The van der Waals surface area contributed by atoms with Gasteiger partial charge in [-0.3, -0.25) is 9.48 Å². The smallest absolute Gasteiger partial charge is 0.247 e. The van der Waals surface area contributed by atoms with Crippen molar-refractivity contribution in [1.82, 2.24) is 19.7 Å². The van der Waals surface area contributed by atoms with Crippen LogP contribution in [-0.2, 0) is 17.9 Å². The number of hydrogen-bond acceptors (Lipinski definition) is 5. The van der Waals surface area contributed by atoms with Crippen LogP contribution in [0.15, 0.2) is 36.4 Å². The van der Waals surface area contributed by atoms with Gasteiger partial charge in [0, 0.05) is 19.2 Å². The van der Waals surface area contributed by atoms with E-state index in [0.717, 1.165) is 33.9 Å². The Hall–Kier alpha value is -2.98. The summed E-state index contributed by atoms with van der Waals surface area (Å²) >= 11 is 1.57. The molecule has 1 aliphatic heterocycles. The van der Waals surface area contributed by atoms with E-state index in [-0.39, 0.29) is 5.91 Å². The summed E-state index contributed by atoms with van der Waals surface area (Å²) in [5.41, 5.74) is 2.24. The molecule has 0 saturated carbocycles. The largest absolute Gasteiger partial charge is 0.333 e. The van der Waals surface area contributed by atoms with Crippen molar-refractivity contribution >= 4 is 33.5 Å². The van der Waals surface area contributed by atoms with E-state index in [9.17, 15) is 4.79 Å². The Morgan fingerprint density at radius 2 is 2.20 bits per heavy atom. The molecule has 2 aromatic heterocycles. The second-order valence-electron chi connectivity index (χ2n) is 5.82. The number of para-hydroxylation sites is 1. The van der Waals surface area contributed by atoms with E-state index in [1.54, 1.807) is 34.5 Å². The maximum Gasteiger partial charge on any atom is 0.247 e. The summed E-state index contributed by atoms with van der Waals surface area (Å²) in [5, 5.41) is 14.0. The van der Waals surface area contributed by atoms with Crippen molar-refractivity contribution in [3.05, 3.63) is 52.8 Å². The Kier molecular flexibility index (Phi) is 4.04. The topological polar surface area (TPSA) is 74.8 Å². The molecule has 3 aromatic rings. The van der Waals surface area contributed by atoms with Crippen LogP contribution >= 0.6 is 11.3 Å². The third-order valence-electron chi connectivity index (χ3n) is 4.12. The highest BCUT2D eigenvalue weighted by atomic mass is 32.1. The molecule has 124 valence electrons. The summed E-state index contributed by atoms with van der Waals surface area (Å²) in [4.78, 5) is 18.8. The molecule has 25 heavy (non-hydrogen) atoms. The molecule has 0 unspecified atom stereocenters. The summed E-state index contributed by atoms with van der Waals surface area (Å²) in [7, 11) is 0. The highest BCUT2D eigenvalue weighted by Gasteiger charge is 2.19. The maximum atomic E-state index is 12.5. The van der Waals surface area contributed by atoms with E-state index >= 15 is 0 Å². The number of aromatic nitrogens is 3. The average molecular weight is 349 g/mol. The SMILES string of the molecule is N#Cc1cc2n(n1)CCCN(C(=O)C=Cc1nc3ccccc3s1)C2. The molecule has 1 aliphatic rings. The Bertz CT molecular complexity index is 977. The van der Waals surface area contributed by atoms with Crippen molar-refractivity contribution in [2.75, 3.05) is 6.54 Å². The van der Waals surface area contributed by atoms with Crippen LogP contribution in [0.1, 0.15) is 22.8 Å². The number of hydrogen-bond donors (Lipinski definition) is 0. The molecular weight excluding hydrogens is 334 g/mol. The maximum absolute atomic E-state index is 12.5. The Labute approximate surface area is 148 Å². The van der Waals surface area contributed by atoms with E-state index in [2.05, 4.69) is 16.2 Å². The van der Waals surface area contributed by atoms with Gasteiger partial charge in [-0.05, 0) is 30.7 Å². The van der Waals surface area contributed by atoms with Gasteiger partial charge in [0.2, 0.25) is 5.91 Å². The second-order valence-corrected chi connectivity index (χ2v) is 6.88. The van der Waals surface area contributed by atoms with Crippen LogP contribution in [0.2, 0.25) is 0 Å². The second kappa shape index (κ2) is 6.49. The number of nitriles is 1. The van der Waals surface area contributed by atoms with Gasteiger partial charge in [-0.2, -0.15) is 10.4 Å². The third-order valence-corrected chi connectivity index (χ3v) is 5.12. The lowest BCUT2D eigenvalue weighted by Crippen LogP contribution is -2.29. The first-order valence-corrected chi connectivity index (χ1v) is 8.84. The van der Waals surface area contributed by atoms with Gasteiger partial charge >= 0.3 is 0 Å². The van der Waals surface area contributed by atoms with Crippen LogP contribution in [0.25, 0.3) is 16.3 Å². The number of amides is 1. The summed E-state index contributed by atoms with van der Waals surface area (Å²) < 4.78 is 2.93. The van der Waals surface area contributed by atoms with Gasteiger partial charge in [0.1, 0.15) is 11.1 Å². The molecule has 4 rings (SSSR count). The van der Waals surface area contributed by atoms with Crippen LogP contribution in [0.4, 0.5) is 0 Å². The molecule has 0 radical (unpaired) electrons. The number of rotatable bonds is 2. The van der Waals surface area contributed by atoms with E-state index in [1.165, 1.54) is 0 Å². The first kappa shape index (κ1) is 15.5. The van der Waals surface area contributed by atoms with Gasteiger partial charge in [-0.1, -0.05) is 12.1 Å². The highest BCUT2D eigenvalue weighted by Crippen LogP contribution is 2.22. The van der Waals surface area contributed by atoms with Gasteiger partial charge in [0.25, 0.3) is 0 Å². The molecular formula is C18H15N5OS. The number of nitrogens with zero attached hydrogens (tertiary/aromatic N) is 5. The lowest BCUT2D eigenvalue weighted by Gasteiger charge is -2.17. The molecule has 1 aromatic carbocycles. The molecule has 3 heterocycles. The molecule has 0 atom stereocenters. The predicted molar refractivity (Wildman–Crippen MR) is 95.6 cm³/mol. The van der Waals surface area contributed by atoms with Crippen molar-refractivity contribution in [2.24, 2.45) is 0 Å². The van der Waals surface area contributed by atoms with E-state index in [4.69, 9.17) is 5.26 Å². The highest BCUT2D eigenvalue weighted by molar-refractivity contribution is 7.19. The molecule has 0 fully saturated rings. The van der Waals surface area contributed by atoms with Crippen LogP contribution in [0.5, 0.6) is 0 Å². The fourth-order valence-corrected chi connectivity index (χ4v) is 3.78. The summed E-state index contributed by atoms with van der Waals surface area (Å²) in [6, 6.07) is 11.7. The minimum Gasteiger partial charge on any atom is -0.333 e. The molecule has 0 bridgehead atoms. The quantitative estimate of drug-likeness (QED) is 0.667. The minimum absolute atomic E-state index is 0.0487. The van der Waals surface area contributed by atoms with Crippen molar-refractivity contribution in [3.8, 4) is 6.07 Å². The van der Waals surface area contributed by atoms with Crippen LogP contribution < -0.4 is 0 Å². The number of aryl methyl sites for hydroxylation is 1. The van der Waals surface area contributed by atoms with Crippen molar-refractivity contribution < 1.29 is 4.79 Å². The first-order chi connectivity index (χ1) is 12.2. The number of carbonyl (C=O) groups excluding carboxylic acids is 1. The van der Waals surface area contributed by atoms with Crippen molar-refractivity contribution in [1.29, 1.82) is 5.26 Å². The van der Waals surface area contributed by atoms with Crippen LogP contribution in [0, 0.1) is 11.3 Å². The Morgan fingerprint density at radius 1 is 1.32 bits per heavy atom. The van der Waals surface area contributed by atoms with Gasteiger partial charge in [-0.15, -0.1) is 11.3 Å². The van der Waals surface area contributed by atoms with E-state index in [0.29, 0.717) is 18.8 Å². The normalized spacial score (nSPS) is 14.4. The van der Waals surface area contributed by atoms with Gasteiger partial charge < -0.3 is 4.90 Å².